The summed E-state index contributed by atoms with van der Waals surface area (Å²) in [7, 11) is 0. The number of nitrogens with zero attached hydrogens (tertiary/aromatic N) is 2. The second-order valence-electron chi connectivity index (χ2n) is 5.38. The fraction of sp³-hybridized carbons (Fsp3) is 0.467. The third kappa shape index (κ3) is 6.88. The molecule has 0 saturated heterocycles. The predicted molar refractivity (Wildman–Crippen MR) is 87.1 cm³/mol. The van der Waals surface area contributed by atoms with Gasteiger partial charge in [0, 0.05) is 23.9 Å². The number of carbonyl (C=O) groups is 2. The zero-order chi connectivity index (χ0) is 17.4. The lowest BCUT2D eigenvalue weighted by atomic mass is 10.3. The quantitative estimate of drug-likeness (QED) is 0.556. The summed E-state index contributed by atoms with van der Waals surface area (Å²) < 4.78 is 0. The van der Waals surface area contributed by atoms with Gasteiger partial charge in [0.2, 0.25) is 11.8 Å². The van der Waals surface area contributed by atoms with Gasteiger partial charge < -0.3 is 10.6 Å². The van der Waals surface area contributed by atoms with E-state index in [0.29, 0.717) is 12.2 Å². The van der Waals surface area contributed by atoms with Crippen LogP contribution >= 0.6 is 0 Å². The lowest BCUT2D eigenvalue weighted by Gasteiger charge is -2.20. The van der Waals surface area contributed by atoms with Crippen LogP contribution in [0.1, 0.15) is 20.8 Å². The minimum Gasteiger partial charge on any atom is -0.353 e. The molecule has 8 nitrogen and oxygen atoms in total. The summed E-state index contributed by atoms with van der Waals surface area (Å²) in [5.41, 5.74) is 0.262. The molecule has 1 aromatic carbocycles. The van der Waals surface area contributed by atoms with Crippen molar-refractivity contribution in [2.75, 3.05) is 25.0 Å². The smallest absolute Gasteiger partial charge is 0.271 e. The Morgan fingerprint density at radius 3 is 2.48 bits per heavy atom. The Labute approximate surface area is 135 Å². The van der Waals surface area contributed by atoms with Crippen molar-refractivity contribution in [2.24, 2.45) is 0 Å². The Balaban J connectivity index is 2.58. The summed E-state index contributed by atoms with van der Waals surface area (Å²) in [6, 6.07) is 5.76. The summed E-state index contributed by atoms with van der Waals surface area (Å²) in [6.07, 6.45) is 0. The van der Waals surface area contributed by atoms with E-state index in [9.17, 15) is 19.7 Å². The highest BCUT2D eigenvalue weighted by Crippen LogP contribution is 2.16. The van der Waals surface area contributed by atoms with E-state index in [4.69, 9.17) is 0 Å². The Hall–Kier alpha value is -2.48. The van der Waals surface area contributed by atoms with Crippen molar-refractivity contribution in [3.63, 3.8) is 0 Å². The highest BCUT2D eigenvalue weighted by atomic mass is 16.6. The summed E-state index contributed by atoms with van der Waals surface area (Å²) in [5, 5.41) is 16.1. The van der Waals surface area contributed by atoms with Gasteiger partial charge in [-0.3, -0.25) is 24.6 Å². The molecule has 1 rings (SSSR count). The molecule has 0 fully saturated rings. The maximum Gasteiger partial charge on any atom is 0.271 e. The number of likely N-dealkylation sites (N-methyl/N-ethyl adjacent to an activating group) is 1. The lowest BCUT2D eigenvalue weighted by Crippen LogP contribution is -2.42. The van der Waals surface area contributed by atoms with Crippen LogP contribution in [0.2, 0.25) is 0 Å². The molecular weight excluding hydrogens is 300 g/mol. The van der Waals surface area contributed by atoms with E-state index in [1.165, 1.54) is 18.2 Å². The van der Waals surface area contributed by atoms with Crippen LogP contribution in [0.15, 0.2) is 24.3 Å². The number of nitro benzene ring substituents is 1. The number of rotatable bonds is 8. The monoisotopic (exact) mass is 322 g/mol. The first-order chi connectivity index (χ1) is 10.8. The molecule has 0 aliphatic carbocycles. The first kappa shape index (κ1) is 18.6. The molecule has 0 atom stereocenters. The summed E-state index contributed by atoms with van der Waals surface area (Å²) in [6.45, 7) is 6.27. The van der Waals surface area contributed by atoms with E-state index >= 15 is 0 Å². The summed E-state index contributed by atoms with van der Waals surface area (Å²) in [4.78, 5) is 35.6. The number of hydrogen-bond donors (Lipinski definition) is 2. The molecule has 126 valence electrons. The molecule has 0 spiro atoms. The van der Waals surface area contributed by atoms with Crippen LogP contribution in [-0.2, 0) is 9.59 Å². The zero-order valence-corrected chi connectivity index (χ0v) is 13.5. The molecule has 0 aliphatic heterocycles. The van der Waals surface area contributed by atoms with Crippen LogP contribution in [-0.4, -0.2) is 47.3 Å². The zero-order valence-electron chi connectivity index (χ0n) is 13.5. The van der Waals surface area contributed by atoms with Crippen LogP contribution in [0.5, 0.6) is 0 Å². The van der Waals surface area contributed by atoms with Gasteiger partial charge in [0.05, 0.1) is 18.0 Å². The number of hydrogen-bond acceptors (Lipinski definition) is 5. The number of nitro groups is 1. The maximum atomic E-state index is 12.0. The standard InChI is InChI=1S/C15H22N4O4/c1-4-18(9-14(20)16-11(2)3)10-15(21)17-12-6-5-7-13(8-12)19(22)23/h5-8,11H,4,9-10H2,1-3H3,(H,16,20)(H,17,21). The molecule has 0 unspecified atom stereocenters. The van der Waals surface area contributed by atoms with Crippen LogP contribution in [0.25, 0.3) is 0 Å². The fourth-order valence-electron chi connectivity index (χ4n) is 1.95. The van der Waals surface area contributed by atoms with Crippen LogP contribution in [0.3, 0.4) is 0 Å². The number of anilines is 1. The molecule has 0 bridgehead atoms. The van der Waals surface area contributed by atoms with Gasteiger partial charge in [-0.05, 0) is 26.5 Å². The number of nitrogens with one attached hydrogen (secondary N) is 2. The van der Waals surface area contributed by atoms with Crippen molar-refractivity contribution >= 4 is 23.2 Å². The van der Waals surface area contributed by atoms with Gasteiger partial charge in [-0.2, -0.15) is 0 Å². The Bertz CT molecular complexity index is 574. The van der Waals surface area contributed by atoms with Gasteiger partial charge in [0.15, 0.2) is 0 Å². The average molecular weight is 322 g/mol. The minimum absolute atomic E-state index is 0.0324. The number of amides is 2. The van der Waals surface area contributed by atoms with Crippen LogP contribution in [0, 0.1) is 10.1 Å². The first-order valence-corrected chi connectivity index (χ1v) is 7.37. The van der Waals surface area contributed by atoms with Crippen molar-refractivity contribution in [2.45, 2.75) is 26.8 Å². The normalized spacial score (nSPS) is 10.7. The Morgan fingerprint density at radius 2 is 1.91 bits per heavy atom. The van der Waals surface area contributed by atoms with E-state index < -0.39 is 4.92 Å². The predicted octanol–water partition coefficient (Wildman–Crippen LogP) is 1.38. The second kappa shape index (κ2) is 8.84. The molecule has 23 heavy (non-hydrogen) atoms. The van der Waals surface area contributed by atoms with E-state index in [0.717, 1.165) is 0 Å². The minimum atomic E-state index is -0.524. The van der Waals surface area contributed by atoms with E-state index in [2.05, 4.69) is 10.6 Å². The third-order valence-electron chi connectivity index (χ3n) is 2.97. The molecule has 2 amide bonds. The second-order valence-corrected chi connectivity index (χ2v) is 5.38. The number of benzene rings is 1. The molecular formula is C15H22N4O4. The summed E-state index contributed by atoms with van der Waals surface area (Å²) in [5.74, 6) is -0.477. The Morgan fingerprint density at radius 1 is 1.26 bits per heavy atom. The van der Waals surface area contributed by atoms with Gasteiger partial charge in [0.25, 0.3) is 5.69 Å². The van der Waals surface area contributed by atoms with Crippen molar-refractivity contribution < 1.29 is 14.5 Å². The van der Waals surface area contributed by atoms with Gasteiger partial charge in [0.1, 0.15) is 0 Å². The molecule has 0 radical (unpaired) electrons. The molecule has 0 saturated carbocycles. The highest BCUT2D eigenvalue weighted by molar-refractivity contribution is 5.92. The largest absolute Gasteiger partial charge is 0.353 e. The number of carbonyl (C=O) groups excluding carboxylic acids is 2. The van der Waals surface area contributed by atoms with E-state index in [1.54, 1.807) is 11.0 Å². The van der Waals surface area contributed by atoms with Crippen LogP contribution < -0.4 is 10.6 Å². The van der Waals surface area contributed by atoms with Gasteiger partial charge in [-0.15, -0.1) is 0 Å². The third-order valence-corrected chi connectivity index (χ3v) is 2.97. The topological polar surface area (TPSA) is 105 Å². The van der Waals surface area contributed by atoms with E-state index in [1.807, 2.05) is 20.8 Å². The highest BCUT2D eigenvalue weighted by Gasteiger charge is 2.14. The Kier molecular flexibility index (Phi) is 7.14. The van der Waals surface area contributed by atoms with E-state index in [-0.39, 0.29) is 36.6 Å². The molecule has 8 heteroatoms. The molecule has 0 aromatic heterocycles. The molecule has 1 aromatic rings. The van der Waals surface area contributed by atoms with Gasteiger partial charge in [-0.25, -0.2) is 0 Å². The number of non-ortho nitro benzene ring substituents is 1. The fourth-order valence-corrected chi connectivity index (χ4v) is 1.95. The van der Waals surface area contributed by atoms with Crippen molar-refractivity contribution in [3.05, 3.63) is 34.4 Å². The summed E-state index contributed by atoms with van der Waals surface area (Å²) >= 11 is 0. The molecule has 0 aliphatic rings. The van der Waals surface area contributed by atoms with Crippen LogP contribution in [0.4, 0.5) is 11.4 Å². The first-order valence-electron chi connectivity index (χ1n) is 7.37. The maximum absolute atomic E-state index is 12.0. The molecule has 2 N–H and O–H groups in total. The van der Waals surface area contributed by atoms with Gasteiger partial charge in [-0.1, -0.05) is 13.0 Å². The van der Waals surface area contributed by atoms with Crippen molar-refractivity contribution in [1.82, 2.24) is 10.2 Å². The molecule has 0 heterocycles. The average Bonchev–Trinajstić information content (AvgIpc) is 2.45. The lowest BCUT2D eigenvalue weighted by molar-refractivity contribution is -0.384. The van der Waals surface area contributed by atoms with Crippen molar-refractivity contribution in [1.29, 1.82) is 0 Å². The SMILES string of the molecule is CCN(CC(=O)Nc1cccc([N+](=O)[O-])c1)CC(=O)NC(C)C. The van der Waals surface area contributed by atoms with Crippen molar-refractivity contribution in [3.8, 4) is 0 Å². The van der Waals surface area contributed by atoms with Gasteiger partial charge >= 0.3 is 0 Å².